The lowest BCUT2D eigenvalue weighted by molar-refractivity contribution is 0.285. The molecule has 0 radical (unpaired) electrons. The number of hydrogen-bond donors (Lipinski definition) is 2. The summed E-state index contributed by atoms with van der Waals surface area (Å²) in [5, 5.41) is 7.21. The van der Waals surface area contributed by atoms with Gasteiger partial charge < -0.3 is 10.6 Å². The average Bonchev–Trinajstić information content (AvgIpc) is 2.75. The topological polar surface area (TPSA) is 24.1 Å². The molecule has 0 amide bonds. The van der Waals surface area contributed by atoms with Gasteiger partial charge >= 0.3 is 0 Å². The van der Waals surface area contributed by atoms with E-state index in [1.807, 2.05) is 0 Å². The van der Waals surface area contributed by atoms with Crippen LogP contribution in [0.5, 0.6) is 0 Å². The molecule has 1 aliphatic carbocycles. The van der Waals surface area contributed by atoms with Crippen molar-refractivity contribution in [1.82, 2.24) is 10.6 Å². The number of piperidine rings is 1. The van der Waals surface area contributed by atoms with E-state index in [9.17, 15) is 0 Å². The fourth-order valence-electron chi connectivity index (χ4n) is 2.55. The van der Waals surface area contributed by atoms with Crippen molar-refractivity contribution in [3.63, 3.8) is 0 Å². The summed E-state index contributed by atoms with van der Waals surface area (Å²) in [6, 6.07) is 1.50. The van der Waals surface area contributed by atoms with E-state index in [4.69, 9.17) is 0 Å². The Bertz CT molecular complexity index is 194. The zero-order valence-corrected chi connectivity index (χ0v) is 9.77. The van der Waals surface area contributed by atoms with Crippen molar-refractivity contribution in [2.24, 2.45) is 11.3 Å². The zero-order valence-electron chi connectivity index (χ0n) is 9.77. The normalized spacial score (nSPS) is 34.1. The van der Waals surface area contributed by atoms with Gasteiger partial charge in [-0.2, -0.15) is 0 Å². The molecule has 2 heteroatoms. The van der Waals surface area contributed by atoms with Crippen LogP contribution in [0.4, 0.5) is 0 Å². The molecule has 1 saturated heterocycles. The zero-order chi connectivity index (χ0) is 10.2. The summed E-state index contributed by atoms with van der Waals surface area (Å²) in [6.45, 7) is 9.51. The molecule has 0 spiro atoms. The Kier molecular flexibility index (Phi) is 2.85. The van der Waals surface area contributed by atoms with Gasteiger partial charge in [0.25, 0.3) is 0 Å². The second kappa shape index (κ2) is 3.82. The van der Waals surface area contributed by atoms with Crippen LogP contribution in [0, 0.1) is 11.3 Å². The van der Waals surface area contributed by atoms with E-state index >= 15 is 0 Å². The molecule has 2 atom stereocenters. The molecule has 2 aliphatic rings. The fourth-order valence-corrected chi connectivity index (χ4v) is 2.55. The third-order valence-electron chi connectivity index (χ3n) is 4.07. The maximum atomic E-state index is 3.79. The monoisotopic (exact) mass is 196 g/mol. The fraction of sp³-hybridized carbons (Fsp3) is 1.00. The van der Waals surface area contributed by atoms with Gasteiger partial charge in [0.1, 0.15) is 0 Å². The van der Waals surface area contributed by atoms with Crippen molar-refractivity contribution in [2.75, 3.05) is 13.1 Å². The molecular weight excluding hydrogens is 172 g/mol. The SMILES string of the molecule is CC(NC1CC1(C)C)C1CCNCC1. The van der Waals surface area contributed by atoms with Crippen molar-refractivity contribution in [3.05, 3.63) is 0 Å². The predicted molar refractivity (Wildman–Crippen MR) is 60.4 cm³/mol. The van der Waals surface area contributed by atoms with Gasteiger partial charge in [0.15, 0.2) is 0 Å². The molecule has 0 aromatic heterocycles. The van der Waals surface area contributed by atoms with E-state index in [2.05, 4.69) is 31.4 Å². The summed E-state index contributed by atoms with van der Waals surface area (Å²) in [7, 11) is 0. The third-order valence-corrected chi connectivity index (χ3v) is 4.07. The Balaban J connectivity index is 1.75. The molecule has 0 aromatic rings. The molecule has 2 N–H and O–H groups in total. The molecule has 82 valence electrons. The molecule has 2 nitrogen and oxygen atoms in total. The van der Waals surface area contributed by atoms with Crippen molar-refractivity contribution in [3.8, 4) is 0 Å². The molecule has 1 aliphatic heterocycles. The molecule has 0 bridgehead atoms. The van der Waals surface area contributed by atoms with Crippen LogP contribution in [-0.4, -0.2) is 25.2 Å². The van der Waals surface area contributed by atoms with E-state index < -0.39 is 0 Å². The van der Waals surface area contributed by atoms with Crippen LogP contribution < -0.4 is 10.6 Å². The van der Waals surface area contributed by atoms with Gasteiger partial charge in [-0.1, -0.05) is 13.8 Å². The summed E-state index contributed by atoms with van der Waals surface area (Å²) in [5.74, 6) is 0.896. The number of rotatable bonds is 3. The highest BCUT2D eigenvalue weighted by molar-refractivity contribution is 5.02. The van der Waals surface area contributed by atoms with Gasteiger partial charge in [-0.3, -0.25) is 0 Å². The van der Waals surface area contributed by atoms with E-state index in [1.54, 1.807) is 0 Å². The Morgan fingerprint density at radius 2 is 1.86 bits per heavy atom. The van der Waals surface area contributed by atoms with Crippen molar-refractivity contribution in [1.29, 1.82) is 0 Å². The molecule has 1 heterocycles. The van der Waals surface area contributed by atoms with E-state index in [1.165, 1.54) is 32.4 Å². The first-order chi connectivity index (χ1) is 6.59. The molecule has 2 rings (SSSR count). The minimum Gasteiger partial charge on any atom is -0.317 e. The Hall–Kier alpha value is -0.0800. The predicted octanol–water partition coefficient (Wildman–Crippen LogP) is 1.76. The lowest BCUT2D eigenvalue weighted by Gasteiger charge is -2.29. The Morgan fingerprint density at radius 3 is 2.36 bits per heavy atom. The van der Waals surface area contributed by atoms with Gasteiger partial charge in [-0.15, -0.1) is 0 Å². The summed E-state index contributed by atoms with van der Waals surface area (Å²) in [5.41, 5.74) is 0.571. The minimum atomic E-state index is 0.571. The van der Waals surface area contributed by atoms with Crippen LogP contribution in [0.1, 0.15) is 40.0 Å². The maximum Gasteiger partial charge on any atom is 0.0127 e. The number of nitrogens with one attached hydrogen (secondary N) is 2. The lowest BCUT2D eigenvalue weighted by atomic mass is 9.91. The first kappa shape index (κ1) is 10.4. The van der Waals surface area contributed by atoms with Gasteiger partial charge in [0.2, 0.25) is 0 Å². The number of hydrogen-bond acceptors (Lipinski definition) is 2. The molecule has 1 saturated carbocycles. The van der Waals surface area contributed by atoms with Crippen LogP contribution in [0.25, 0.3) is 0 Å². The summed E-state index contributed by atoms with van der Waals surface area (Å²) < 4.78 is 0. The van der Waals surface area contributed by atoms with Crippen LogP contribution in [-0.2, 0) is 0 Å². The van der Waals surface area contributed by atoms with Gasteiger partial charge in [-0.05, 0) is 50.6 Å². The van der Waals surface area contributed by atoms with Crippen molar-refractivity contribution < 1.29 is 0 Å². The van der Waals surface area contributed by atoms with Crippen LogP contribution in [0.3, 0.4) is 0 Å². The van der Waals surface area contributed by atoms with Crippen LogP contribution in [0.15, 0.2) is 0 Å². The minimum absolute atomic E-state index is 0.571. The standard InChI is InChI=1S/C12H24N2/c1-9(10-4-6-13-7-5-10)14-11-8-12(11,2)3/h9-11,13-14H,4-8H2,1-3H3. The average molecular weight is 196 g/mol. The van der Waals surface area contributed by atoms with Gasteiger partial charge in [0, 0.05) is 12.1 Å². The lowest BCUT2D eigenvalue weighted by Crippen LogP contribution is -2.41. The van der Waals surface area contributed by atoms with E-state index in [0.29, 0.717) is 11.5 Å². The van der Waals surface area contributed by atoms with E-state index in [0.717, 1.165) is 12.0 Å². The molecule has 2 fully saturated rings. The molecular formula is C12H24N2. The van der Waals surface area contributed by atoms with Crippen LogP contribution in [0.2, 0.25) is 0 Å². The quantitative estimate of drug-likeness (QED) is 0.719. The highest BCUT2D eigenvalue weighted by Crippen LogP contribution is 2.45. The summed E-state index contributed by atoms with van der Waals surface area (Å²) >= 11 is 0. The van der Waals surface area contributed by atoms with Crippen molar-refractivity contribution in [2.45, 2.75) is 52.1 Å². The maximum absolute atomic E-state index is 3.79. The van der Waals surface area contributed by atoms with Gasteiger partial charge in [0.05, 0.1) is 0 Å². The highest BCUT2D eigenvalue weighted by Gasteiger charge is 2.46. The molecule has 2 unspecified atom stereocenters. The molecule has 0 aromatic carbocycles. The highest BCUT2D eigenvalue weighted by atomic mass is 15.0. The Labute approximate surface area is 87.8 Å². The third kappa shape index (κ3) is 2.29. The second-order valence-electron chi connectivity index (χ2n) is 5.79. The van der Waals surface area contributed by atoms with Crippen LogP contribution >= 0.6 is 0 Å². The summed E-state index contributed by atoms with van der Waals surface area (Å²) in [4.78, 5) is 0. The Morgan fingerprint density at radius 1 is 1.29 bits per heavy atom. The second-order valence-corrected chi connectivity index (χ2v) is 5.79. The van der Waals surface area contributed by atoms with Crippen molar-refractivity contribution >= 4 is 0 Å². The largest absolute Gasteiger partial charge is 0.317 e. The first-order valence-electron chi connectivity index (χ1n) is 6.06. The van der Waals surface area contributed by atoms with E-state index in [-0.39, 0.29) is 0 Å². The first-order valence-corrected chi connectivity index (χ1v) is 6.06. The van der Waals surface area contributed by atoms with Gasteiger partial charge in [-0.25, -0.2) is 0 Å². The smallest absolute Gasteiger partial charge is 0.0127 e. The summed E-state index contributed by atoms with van der Waals surface area (Å²) in [6.07, 6.45) is 4.06. The molecule has 14 heavy (non-hydrogen) atoms.